The van der Waals surface area contributed by atoms with Crippen LogP contribution in [-0.4, -0.2) is 40.6 Å². The number of hydrogen-bond acceptors (Lipinski definition) is 5. The summed E-state index contributed by atoms with van der Waals surface area (Å²) in [6.45, 7) is 5.60. The van der Waals surface area contributed by atoms with Crippen LogP contribution in [0.1, 0.15) is 18.1 Å². The summed E-state index contributed by atoms with van der Waals surface area (Å²) in [6, 6.07) is 20.4. The van der Waals surface area contributed by atoms with Gasteiger partial charge in [0.1, 0.15) is 24.7 Å². The van der Waals surface area contributed by atoms with Crippen molar-refractivity contribution < 1.29 is 22.7 Å². The smallest absolute Gasteiger partial charge is 0.264 e. The molecule has 1 N–H and O–H groups in total. The molecule has 0 aliphatic carbocycles. The third-order valence-corrected chi connectivity index (χ3v) is 6.97. The Hall–Kier alpha value is -3.52. The van der Waals surface area contributed by atoms with Crippen LogP contribution in [0.4, 0.5) is 5.69 Å². The zero-order chi connectivity index (χ0) is 24.7. The van der Waals surface area contributed by atoms with Crippen molar-refractivity contribution in [3.8, 4) is 11.5 Å². The van der Waals surface area contributed by atoms with Crippen LogP contribution < -0.4 is 19.1 Å². The Kier molecular flexibility index (Phi) is 8.17. The van der Waals surface area contributed by atoms with Crippen molar-refractivity contribution in [1.82, 2.24) is 5.32 Å². The molecule has 3 rings (SSSR count). The van der Waals surface area contributed by atoms with E-state index in [-0.39, 0.29) is 24.1 Å². The minimum Gasteiger partial charge on any atom is -0.497 e. The van der Waals surface area contributed by atoms with E-state index >= 15 is 0 Å². The number of aryl methyl sites for hydroxylation is 2. The second-order valence-corrected chi connectivity index (χ2v) is 9.98. The summed E-state index contributed by atoms with van der Waals surface area (Å²) in [5, 5.41) is 2.82. The first kappa shape index (κ1) is 25.1. The summed E-state index contributed by atoms with van der Waals surface area (Å²) >= 11 is 0. The van der Waals surface area contributed by atoms with Gasteiger partial charge in [-0.05, 0) is 69.3 Å². The number of benzene rings is 3. The first-order valence-corrected chi connectivity index (χ1v) is 12.4. The van der Waals surface area contributed by atoms with E-state index in [0.717, 1.165) is 15.4 Å². The zero-order valence-electron chi connectivity index (χ0n) is 19.8. The van der Waals surface area contributed by atoms with Gasteiger partial charge >= 0.3 is 0 Å². The lowest BCUT2D eigenvalue weighted by Gasteiger charge is -2.25. The maximum atomic E-state index is 13.5. The third kappa shape index (κ3) is 6.51. The minimum absolute atomic E-state index is 0.0671. The van der Waals surface area contributed by atoms with Crippen LogP contribution in [0.2, 0.25) is 0 Å². The molecule has 0 fully saturated rings. The first-order valence-electron chi connectivity index (χ1n) is 10.9. The van der Waals surface area contributed by atoms with E-state index in [1.165, 1.54) is 19.2 Å². The van der Waals surface area contributed by atoms with Crippen LogP contribution in [-0.2, 0) is 14.8 Å². The highest BCUT2D eigenvalue weighted by Crippen LogP contribution is 2.25. The summed E-state index contributed by atoms with van der Waals surface area (Å²) in [7, 11) is -2.49. The van der Waals surface area contributed by atoms with Crippen molar-refractivity contribution in [3.05, 3.63) is 83.9 Å². The number of nitrogens with zero attached hydrogens (tertiary/aromatic N) is 1. The lowest BCUT2D eigenvalue weighted by molar-refractivity contribution is -0.120. The Morgan fingerprint density at radius 3 is 1.97 bits per heavy atom. The summed E-state index contributed by atoms with van der Waals surface area (Å²) in [5.41, 5.74) is 2.51. The molecule has 3 aromatic rings. The fourth-order valence-corrected chi connectivity index (χ4v) is 4.67. The van der Waals surface area contributed by atoms with Gasteiger partial charge in [0, 0.05) is 0 Å². The lowest BCUT2D eigenvalue weighted by Crippen LogP contribution is -2.45. The Labute approximate surface area is 201 Å². The molecule has 180 valence electrons. The fraction of sp³-hybridized carbons (Fsp3) is 0.269. The number of nitrogens with one attached hydrogen (secondary N) is 1. The molecule has 34 heavy (non-hydrogen) atoms. The van der Waals surface area contributed by atoms with Crippen LogP contribution in [0.3, 0.4) is 0 Å². The van der Waals surface area contributed by atoms with E-state index < -0.39 is 15.9 Å². The molecule has 0 saturated carbocycles. The van der Waals surface area contributed by atoms with Crippen LogP contribution in [0.15, 0.2) is 77.7 Å². The molecule has 0 aliphatic heterocycles. The Bertz CT molecular complexity index is 1190. The maximum Gasteiger partial charge on any atom is 0.264 e. The largest absolute Gasteiger partial charge is 0.497 e. The van der Waals surface area contributed by atoms with Crippen LogP contribution in [0, 0.1) is 13.8 Å². The second kappa shape index (κ2) is 11.1. The summed E-state index contributed by atoms with van der Waals surface area (Å²) in [5.74, 6) is 0.814. The molecule has 7 nitrogen and oxygen atoms in total. The van der Waals surface area contributed by atoms with Crippen LogP contribution >= 0.6 is 0 Å². The normalized spacial score (nSPS) is 12.0. The van der Waals surface area contributed by atoms with Crippen molar-refractivity contribution in [1.29, 1.82) is 0 Å². The van der Waals surface area contributed by atoms with Gasteiger partial charge in [0.2, 0.25) is 5.91 Å². The topological polar surface area (TPSA) is 84.9 Å². The Morgan fingerprint density at radius 1 is 0.882 bits per heavy atom. The monoisotopic (exact) mass is 482 g/mol. The summed E-state index contributed by atoms with van der Waals surface area (Å²) in [4.78, 5) is 12.9. The van der Waals surface area contributed by atoms with E-state index in [0.29, 0.717) is 17.2 Å². The van der Waals surface area contributed by atoms with Gasteiger partial charge in [-0.1, -0.05) is 35.4 Å². The van der Waals surface area contributed by atoms with Crippen LogP contribution in [0.5, 0.6) is 11.5 Å². The van der Waals surface area contributed by atoms with Gasteiger partial charge in [0.25, 0.3) is 10.0 Å². The Balaban J connectivity index is 1.74. The average molecular weight is 483 g/mol. The number of hydrogen-bond donors (Lipinski definition) is 1. The molecule has 1 amide bonds. The average Bonchev–Trinajstić information content (AvgIpc) is 2.83. The van der Waals surface area contributed by atoms with Crippen molar-refractivity contribution in [2.45, 2.75) is 31.7 Å². The molecule has 8 heteroatoms. The predicted molar refractivity (Wildman–Crippen MR) is 133 cm³/mol. The molecule has 1 unspecified atom stereocenters. The fourth-order valence-electron chi connectivity index (χ4n) is 3.25. The number of carbonyl (C=O) groups is 1. The van der Waals surface area contributed by atoms with Crippen LogP contribution in [0.25, 0.3) is 0 Å². The molecule has 0 spiro atoms. The SMILES string of the molecule is COc1ccc(S(=O)(=O)N(CC(=O)NC(C)COc2ccc(C)cc2)c2ccc(C)cc2)cc1. The Morgan fingerprint density at radius 2 is 1.41 bits per heavy atom. The number of methoxy groups -OCH3 is 1. The van der Waals surface area contributed by atoms with Gasteiger partial charge in [0.05, 0.1) is 23.7 Å². The molecule has 0 saturated heterocycles. The number of amides is 1. The number of carbonyl (C=O) groups excluding carboxylic acids is 1. The minimum atomic E-state index is -4.00. The van der Waals surface area contributed by atoms with Crippen molar-refractivity contribution >= 4 is 21.6 Å². The lowest BCUT2D eigenvalue weighted by atomic mass is 10.2. The molecule has 1 atom stereocenters. The van der Waals surface area contributed by atoms with Gasteiger partial charge in [-0.3, -0.25) is 9.10 Å². The first-order chi connectivity index (χ1) is 16.2. The summed E-state index contributed by atoms with van der Waals surface area (Å²) < 4.78 is 38.9. The number of sulfonamides is 1. The molecule has 0 aliphatic rings. The van der Waals surface area contributed by atoms with Gasteiger partial charge in [-0.25, -0.2) is 8.42 Å². The molecule has 0 radical (unpaired) electrons. The number of anilines is 1. The molecule has 0 aromatic heterocycles. The molecule has 0 heterocycles. The van der Waals surface area contributed by atoms with E-state index in [4.69, 9.17) is 9.47 Å². The van der Waals surface area contributed by atoms with Crippen molar-refractivity contribution in [2.24, 2.45) is 0 Å². The third-order valence-electron chi connectivity index (χ3n) is 5.18. The quantitative estimate of drug-likeness (QED) is 0.471. The van der Waals surface area contributed by atoms with E-state index in [1.807, 2.05) is 50.2 Å². The molecule has 3 aromatic carbocycles. The second-order valence-electron chi connectivity index (χ2n) is 8.12. The van der Waals surface area contributed by atoms with Gasteiger partial charge in [-0.2, -0.15) is 0 Å². The van der Waals surface area contributed by atoms with E-state index in [1.54, 1.807) is 31.2 Å². The maximum absolute atomic E-state index is 13.5. The zero-order valence-corrected chi connectivity index (χ0v) is 20.6. The van der Waals surface area contributed by atoms with Gasteiger partial charge in [-0.15, -0.1) is 0 Å². The molecule has 0 bridgehead atoms. The number of rotatable bonds is 10. The van der Waals surface area contributed by atoms with Crippen molar-refractivity contribution in [3.63, 3.8) is 0 Å². The van der Waals surface area contributed by atoms with Gasteiger partial charge < -0.3 is 14.8 Å². The van der Waals surface area contributed by atoms with Crippen molar-refractivity contribution in [2.75, 3.05) is 24.6 Å². The molecular formula is C26H30N2O5S. The highest BCUT2D eigenvalue weighted by atomic mass is 32.2. The number of ether oxygens (including phenoxy) is 2. The standard InChI is InChI=1S/C26H30N2O5S/c1-19-5-9-22(10-6-19)28(34(30,31)25-15-13-23(32-4)14-16-25)17-26(29)27-21(3)18-33-24-11-7-20(2)8-12-24/h5-16,21H,17-18H2,1-4H3,(H,27,29). The van der Waals surface area contributed by atoms with Gasteiger partial charge in [0.15, 0.2) is 0 Å². The van der Waals surface area contributed by atoms with E-state index in [2.05, 4.69) is 5.32 Å². The predicted octanol–water partition coefficient (Wildman–Crippen LogP) is 4.09. The summed E-state index contributed by atoms with van der Waals surface area (Å²) in [6.07, 6.45) is 0. The highest BCUT2D eigenvalue weighted by Gasteiger charge is 2.27. The van der Waals surface area contributed by atoms with E-state index in [9.17, 15) is 13.2 Å². The molecular weight excluding hydrogens is 452 g/mol. The highest BCUT2D eigenvalue weighted by molar-refractivity contribution is 7.92.